The summed E-state index contributed by atoms with van der Waals surface area (Å²) >= 11 is 0. The molecule has 1 aliphatic rings. The average molecular weight is 304 g/mol. The van der Waals surface area contributed by atoms with Gasteiger partial charge in [-0.3, -0.25) is 0 Å². The molecule has 1 aromatic carbocycles. The predicted molar refractivity (Wildman–Crippen MR) is 68.8 cm³/mol. The molecule has 0 saturated heterocycles. The average Bonchev–Trinajstić information content (AvgIpc) is 2.40. The minimum atomic E-state index is 0. The van der Waals surface area contributed by atoms with Crippen LogP contribution in [0.4, 0.5) is 0 Å². The fourth-order valence-corrected chi connectivity index (χ4v) is 2.70. The molecule has 18 heavy (non-hydrogen) atoms. The number of aromatic nitrogens is 1. The van der Waals surface area contributed by atoms with E-state index in [2.05, 4.69) is 53.2 Å². The van der Waals surface area contributed by atoms with Gasteiger partial charge in [0, 0.05) is 23.6 Å². The summed E-state index contributed by atoms with van der Waals surface area (Å²) < 4.78 is 2.42. The first-order chi connectivity index (χ1) is 8.43. The van der Waals surface area contributed by atoms with E-state index in [-0.39, 0.29) is 17.0 Å². The van der Waals surface area contributed by atoms with E-state index in [1.54, 1.807) is 11.3 Å². The van der Waals surface area contributed by atoms with E-state index in [9.17, 15) is 0 Å². The molecular formula is C16H18BrN. The molecule has 0 amide bonds. The van der Waals surface area contributed by atoms with Crippen molar-refractivity contribution in [3.8, 4) is 0 Å². The Morgan fingerprint density at radius 2 is 1.67 bits per heavy atom. The SMILES string of the molecule is [Br-].c1ccc(C[n+]2cccc3c2CCCC3)cc1. The molecule has 0 saturated carbocycles. The summed E-state index contributed by atoms with van der Waals surface area (Å²) in [6.45, 7) is 1.00. The summed E-state index contributed by atoms with van der Waals surface area (Å²) in [5, 5.41) is 0. The highest BCUT2D eigenvalue weighted by Crippen LogP contribution is 2.17. The lowest BCUT2D eigenvalue weighted by Gasteiger charge is -2.13. The predicted octanol–water partition coefficient (Wildman–Crippen LogP) is -0.0948. The zero-order chi connectivity index (χ0) is 11.5. The third-order valence-corrected chi connectivity index (χ3v) is 3.59. The van der Waals surface area contributed by atoms with Crippen LogP contribution in [-0.4, -0.2) is 0 Å². The van der Waals surface area contributed by atoms with Crippen molar-refractivity contribution >= 4 is 0 Å². The lowest BCUT2D eigenvalue weighted by Crippen LogP contribution is -3.00. The van der Waals surface area contributed by atoms with Gasteiger partial charge in [-0.25, -0.2) is 0 Å². The van der Waals surface area contributed by atoms with Crippen LogP contribution >= 0.6 is 0 Å². The second-order valence-corrected chi connectivity index (χ2v) is 4.80. The van der Waals surface area contributed by atoms with Gasteiger partial charge in [0.25, 0.3) is 0 Å². The van der Waals surface area contributed by atoms with E-state index in [1.165, 1.54) is 31.2 Å². The number of aryl methyl sites for hydroxylation is 1. The summed E-state index contributed by atoms with van der Waals surface area (Å²) in [5.74, 6) is 0. The molecule has 0 aliphatic heterocycles. The Labute approximate surface area is 119 Å². The van der Waals surface area contributed by atoms with Gasteiger partial charge in [-0.15, -0.1) is 0 Å². The van der Waals surface area contributed by atoms with Gasteiger partial charge in [0.05, 0.1) is 0 Å². The Kier molecular flexibility index (Phi) is 4.54. The second-order valence-electron chi connectivity index (χ2n) is 4.80. The Bertz CT molecular complexity index is 508. The topological polar surface area (TPSA) is 3.88 Å². The molecule has 94 valence electrons. The molecule has 0 unspecified atom stereocenters. The van der Waals surface area contributed by atoms with Gasteiger partial charge in [-0.2, -0.15) is 4.57 Å². The highest BCUT2D eigenvalue weighted by Gasteiger charge is 2.19. The molecule has 3 rings (SSSR count). The summed E-state index contributed by atoms with van der Waals surface area (Å²) in [7, 11) is 0. The minimum absolute atomic E-state index is 0. The summed E-state index contributed by atoms with van der Waals surface area (Å²) in [4.78, 5) is 0. The number of fused-ring (bicyclic) bond motifs is 1. The molecule has 1 nitrogen and oxygen atoms in total. The molecule has 2 aromatic rings. The van der Waals surface area contributed by atoms with Crippen LogP contribution in [0.25, 0.3) is 0 Å². The van der Waals surface area contributed by atoms with Gasteiger partial charge in [0.15, 0.2) is 18.4 Å². The van der Waals surface area contributed by atoms with Crippen molar-refractivity contribution in [2.75, 3.05) is 0 Å². The summed E-state index contributed by atoms with van der Waals surface area (Å²) in [5.41, 5.74) is 4.48. The van der Waals surface area contributed by atoms with E-state index in [1.807, 2.05) is 0 Å². The van der Waals surface area contributed by atoms with Crippen LogP contribution in [0.5, 0.6) is 0 Å². The third-order valence-electron chi connectivity index (χ3n) is 3.59. The van der Waals surface area contributed by atoms with Crippen LogP contribution in [0.1, 0.15) is 29.7 Å². The van der Waals surface area contributed by atoms with Crippen molar-refractivity contribution in [3.63, 3.8) is 0 Å². The van der Waals surface area contributed by atoms with Gasteiger partial charge in [-0.1, -0.05) is 30.3 Å². The lowest BCUT2D eigenvalue weighted by atomic mass is 9.95. The lowest BCUT2D eigenvalue weighted by molar-refractivity contribution is -0.696. The van der Waals surface area contributed by atoms with Crippen LogP contribution in [0, 0.1) is 0 Å². The number of halogens is 1. The quantitative estimate of drug-likeness (QED) is 0.683. The molecule has 2 heteroatoms. The van der Waals surface area contributed by atoms with Crippen LogP contribution in [0.3, 0.4) is 0 Å². The molecule has 1 aromatic heterocycles. The van der Waals surface area contributed by atoms with E-state index >= 15 is 0 Å². The zero-order valence-electron chi connectivity index (χ0n) is 10.5. The fraction of sp³-hybridized carbons (Fsp3) is 0.312. The van der Waals surface area contributed by atoms with Crippen molar-refractivity contribution in [1.82, 2.24) is 0 Å². The largest absolute Gasteiger partial charge is 1.00 e. The van der Waals surface area contributed by atoms with E-state index in [0.29, 0.717) is 0 Å². The smallest absolute Gasteiger partial charge is 0.184 e. The first-order valence-corrected chi connectivity index (χ1v) is 6.47. The molecule has 1 aliphatic carbocycles. The second kappa shape index (κ2) is 6.14. The molecule has 0 N–H and O–H groups in total. The Morgan fingerprint density at radius 3 is 2.50 bits per heavy atom. The number of nitrogens with zero attached hydrogens (tertiary/aromatic N) is 1. The van der Waals surface area contributed by atoms with Gasteiger partial charge in [0.1, 0.15) is 0 Å². The van der Waals surface area contributed by atoms with Crippen molar-refractivity contribution in [3.05, 3.63) is 65.5 Å². The number of hydrogen-bond donors (Lipinski definition) is 0. The normalized spacial score (nSPS) is 13.6. The fourth-order valence-electron chi connectivity index (χ4n) is 2.70. The molecule has 0 atom stereocenters. The van der Waals surface area contributed by atoms with E-state index < -0.39 is 0 Å². The maximum atomic E-state index is 2.42. The highest BCUT2D eigenvalue weighted by atomic mass is 79.9. The molecule has 0 spiro atoms. The maximum Gasteiger partial charge on any atom is 0.184 e. The number of rotatable bonds is 2. The van der Waals surface area contributed by atoms with Crippen molar-refractivity contribution in [2.24, 2.45) is 0 Å². The van der Waals surface area contributed by atoms with Crippen LogP contribution in [0.2, 0.25) is 0 Å². The molecule has 0 fully saturated rings. The first-order valence-electron chi connectivity index (χ1n) is 6.47. The maximum absolute atomic E-state index is 2.42. The van der Waals surface area contributed by atoms with E-state index in [0.717, 1.165) is 6.54 Å². The third kappa shape index (κ3) is 2.81. The molecule has 0 radical (unpaired) electrons. The van der Waals surface area contributed by atoms with Crippen molar-refractivity contribution < 1.29 is 21.5 Å². The van der Waals surface area contributed by atoms with Gasteiger partial charge >= 0.3 is 0 Å². The standard InChI is InChI=1S/C16H18N.BrH/c1-2-7-14(8-3-1)13-17-12-6-10-15-9-4-5-11-16(15)17;/h1-3,6-8,10,12H,4-5,9,11,13H2;1H/q+1;/p-1. The Morgan fingerprint density at radius 1 is 0.889 bits per heavy atom. The van der Waals surface area contributed by atoms with Gasteiger partial charge in [0.2, 0.25) is 0 Å². The molecular weight excluding hydrogens is 286 g/mol. The monoisotopic (exact) mass is 303 g/mol. The number of hydrogen-bond acceptors (Lipinski definition) is 0. The summed E-state index contributed by atoms with van der Waals surface area (Å²) in [6, 6.07) is 15.2. The van der Waals surface area contributed by atoms with E-state index in [4.69, 9.17) is 0 Å². The van der Waals surface area contributed by atoms with Gasteiger partial charge in [-0.05, 0) is 25.3 Å². The summed E-state index contributed by atoms with van der Waals surface area (Å²) in [6.07, 6.45) is 7.40. The number of benzene rings is 1. The first kappa shape index (κ1) is 13.3. The Hall–Kier alpha value is -1.15. The zero-order valence-corrected chi connectivity index (χ0v) is 12.1. The molecule has 0 bridgehead atoms. The molecule has 1 heterocycles. The van der Waals surface area contributed by atoms with Crippen LogP contribution < -0.4 is 21.5 Å². The number of pyridine rings is 1. The van der Waals surface area contributed by atoms with Crippen molar-refractivity contribution in [2.45, 2.75) is 32.2 Å². The van der Waals surface area contributed by atoms with Crippen molar-refractivity contribution in [1.29, 1.82) is 0 Å². The van der Waals surface area contributed by atoms with Gasteiger partial charge < -0.3 is 17.0 Å². The highest BCUT2D eigenvalue weighted by molar-refractivity contribution is 5.19. The van der Waals surface area contributed by atoms with Crippen LogP contribution in [-0.2, 0) is 19.4 Å². The van der Waals surface area contributed by atoms with Crippen LogP contribution in [0.15, 0.2) is 48.7 Å². The Balaban J connectivity index is 0.00000120. The minimum Gasteiger partial charge on any atom is -1.00 e.